The van der Waals surface area contributed by atoms with Gasteiger partial charge < -0.3 is 19.9 Å². The van der Waals surface area contributed by atoms with Gasteiger partial charge in [-0.1, -0.05) is 60.3 Å². The van der Waals surface area contributed by atoms with E-state index in [1.165, 1.54) is 6.21 Å². The number of carboxylic acids is 1. The highest BCUT2D eigenvalue weighted by molar-refractivity contribution is 8.15. The van der Waals surface area contributed by atoms with Gasteiger partial charge in [0.15, 0.2) is 5.17 Å². The van der Waals surface area contributed by atoms with Crippen molar-refractivity contribution >= 4 is 41.2 Å². The Labute approximate surface area is 216 Å². The molecule has 10 heteroatoms. The molecule has 37 heavy (non-hydrogen) atoms. The van der Waals surface area contributed by atoms with Crippen LogP contribution in [0.2, 0.25) is 0 Å². The first kappa shape index (κ1) is 24.3. The lowest BCUT2D eigenvalue weighted by atomic mass is 9.98. The molecule has 5 rings (SSSR count). The summed E-state index contributed by atoms with van der Waals surface area (Å²) >= 11 is 1.02. The van der Waals surface area contributed by atoms with E-state index in [-0.39, 0.29) is 24.1 Å². The van der Waals surface area contributed by atoms with Crippen molar-refractivity contribution < 1.29 is 29.0 Å². The number of nitrogens with zero attached hydrogens (tertiary/aromatic N) is 2. The molecule has 2 aliphatic rings. The van der Waals surface area contributed by atoms with Gasteiger partial charge in [0.1, 0.15) is 17.6 Å². The number of hydrogen-bond acceptors (Lipinski definition) is 8. The van der Waals surface area contributed by atoms with Crippen molar-refractivity contribution in [2.45, 2.75) is 17.6 Å². The van der Waals surface area contributed by atoms with E-state index in [2.05, 4.69) is 27.7 Å². The van der Waals surface area contributed by atoms with Gasteiger partial charge in [0.05, 0.1) is 12.6 Å². The lowest BCUT2D eigenvalue weighted by Gasteiger charge is -2.14. The Bertz CT molecular complexity index is 1370. The molecule has 1 fully saturated rings. The standard InChI is InChI=1S/C27H21N3O6S/c31-24(32)13-23-25(33)29-26(37-23)30-28-14-16-9-11-17(12-10-16)36-27(34)35-15-22-20-7-3-1-5-18(20)19-6-2-4-8-21(19)22/h1-12,14,22-23H,13,15H2,(H,31,32)(H,29,30,33). The molecule has 3 aromatic rings. The third-order valence-corrected chi connectivity index (χ3v) is 6.98. The van der Waals surface area contributed by atoms with E-state index in [0.29, 0.717) is 11.3 Å². The number of hydrogen-bond donors (Lipinski definition) is 2. The topological polar surface area (TPSA) is 127 Å². The number of carbonyl (C=O) groups is 3. The minimum Gasteiger partial charge on any atom is -0.481 e. The minimum atomic E-state index is -1.06. The zero-order valence-corrected chi connectivity index (χ0v) is 20.2. The minimum absolute atomic E-state index is 0.0534. The highest BCUT2D eigenvalue weighted by atomic mass is 32.2. The monoisotopic (exact) mass is 515 g/mol. The lowest BCUT2D eigenvalue weighted by molar-refractivity contribution is -0.138. The van der Waals surface area contributed by atoms with Gasteiger partial charge in [-0.15, -0.1) is 5.10 Å². The first-order valence-electron chi connectivity index (χ1n) is 11.4. The van der Waals surface area contributed by atoms with Crippen LogP contribution in [0, 0.1) is 0 Å². The number of aliphatic carboxylic acids is 1. The zero-order valence-electron chi connectivity index (χ0n) is 19.4. The largest absolute Gasteiger partial charge is 0.513 e. The van der Waals surface area contributed by atoms with Crippen molar-refractivity contribution in [2.24, 2.45) is 10.2 Å². The zero-order chi connectivity index (χ0) is 25.8. The number of carboxylic acid groups (broad SMARTS) is 1. The fraction of sp³-hybridized carbons (Fsp3) is 0.148. The Kier molecular flexibility index (Phi) is 7.00. The number of benzene rings is 3. The molecule has 1 heterocycles. The van der Waals surface area contributed by atoms with Gasteiger partial charge in [0.2, 0.25) is 5.91 Å². The second kappa shape index (κ2) is 10.7. The van der Waals surface area contributed by atoms with Crippen LogP contribution >= 0.6 is 11.8 Å². The summed E-state index contributed by atoms with van der Waals surface area (Å²) in [6.45, 7) is 0.166. The third-order valence-electron chi connectivity index (χ3n) is 5.90. The molecule has 1 aliphatic heterocycles. The number of carbonyl (C=O) groups excluding carboxylic acids is 2. The average Bonchev–Trinajstić information content (AvgIpc) is 3.40. The van der Waals surface area contributed by atoms with Gasteiger partial charge in [-0.3, -0.25) is 9.59 Å². The number of nitrogens with one attached hydrogen (secondary N) is 1. The predicted octanol–water partition coefficient (Wildman–Crippen LogP) is 4.41. The van der Waals surface area contributed by atoms with Crippen molar-refractivity contribution in [3.63, 3.8) is 0 Å². The van der Waals surface area contributed by atoms with Gasteiger partial charge in [0, 0.05) is 5.92 Å². The Balaban J connectivity index is 1.14. The second-order valence-corrected chi connectivity index (χ2v) is 9.49. The molecule has 1 atom stereocenters. The highest BCUT2D eigenvalue weighted by Crippen LogP contribution is 2.44. The molecule has 1 amide bonds. The summed E-state index contributed by atoms with van der Waals surface area (Å²) in [6.07, 6.45) is 0.380. The van der Waals surface area contributed by atoms with Gasteiger partial charge in [-0.2, -0.15) is 5.10 Å². The molecule has 1 saturated heterocycles. The number of amides is 1. The molecular weight excluding hydrogens is 494 g/mol. The number of rotatable bonds is 7. The van der Waals surface area contributed by atoms with Gasteiger partial charge >= 0.3 is 12.1 Å². The van der Waals surface area contributed by atoms with E-state index in [0.717, 1.165) is 34.0 Å². The Morgan fingerprint density at radius 1 is 0.973 bits per heavy atom. The maximum absolute atomic E-state index is 12.4. The first-order chi connectivity index (χ1) is 18.0. The molecule has 0 spiro atoms. The first-order valence-corrected chi connectivity index (χ1v) is 12.3. The molecule has 3 aromatic carbocycles. The average molecular weight is 516 g/mol. The number of amidine groups is 1. The van der Waals surface area contributed by atoms with Gasteiger partial charge in [-0.25, -0.2) is 4.79 Å². The molecule has 0 bridgehead atoms. The quantitative estimate of drug-likeness (QED) is 0.207. The van der Waals surface area contributed by atoms with Crippen molar-refractivity contribution in [1.82, 2.24) is 5.32 Å². The van der Waals surface area contributed by atoms with Crippen LogP contribution in [-0.4, -0.2) is 46.4 Å². The third kappa shape index (κ3) is 5.54. The maximum Gasteiger partial charge on any atom is 0.513 e. The number of ether oxygens (including phenoxy) is 2. The van der Waals surface area contributed by atoms with Crippen LogP contribution in [0.1, 0.15) is 29.0 Å². The maximum atomic E-state index is 12.4. The molecule has 186 valence electrons. The van der Waals surface area contributed by atoms with Gasteiger partial charge in [-0.05, 0) is 52.1 Å². The summed E-state index contributed by atoms with van der Waals surface area (Å²) in [7, 11) is 0. The highest BCUT2D eigenvalue weighted by Gasteiger charge is 2.32. The van der Waals surface area contributed by atoms with Crippen LogP contribution < -0.4 is 10.1 Å². The summed E-state index contributed by atoms with van der Waals surface area (Å²) in [5.41, 5.74) is 5.22. The molecule has 2 N–H and O–H groups in total. The summed E-state index contributed by atoms with van der Waals surface area (Å²) < 4.78 is 10.8. The Morgan fingerprint density at radius 2 is 1.62 bits per heavy atom. The summed E-state index contributed by atoms with van der Waals surface area (Å²) in [6, 6.07) is 22.8. The van der Waals surface area contributed by atoms with E-state index in [1.54, 1.807) is 24.3 Å². The van der Waals surface area contributed by atoms with Gasteiger partial charge in [0.25, 0.3) is 0 Å². The molecule has 0 radical (unpaired) electrons. The fourth-order valence-electron chi connectivity index (χ4n) is 4.23. The molecule has 0 saturated carbocycles. The second-order valence-electron chi connectivity index (χ2n) is 8.30. The van der Waals surface area contributed by atoms with Crippen LogP contribution in [0.3, 0.4) is 0 Å². The normalized spacial score (nSPS) is 17.5. The summed E-state index contributed by atoms with van der Waals surface area (Å²) in [5.74, 6) is -1.20. The van der Waals surface area contributed by atoms with E-state index < -0.39 is 23.3 Å². The summed E-state index contributed by atoms with van der Waals surface area (Å²) in [5, 5.41) is 18.7. The van der Waals surface area contributed by atoms with Crippen LogP contribution in [-0.2, 0) is 14.3 Å². The molecule has 1 unspecified atom stereocenters. The van der Waals surface area contributed by atoms with Crippen molar-refractivity contribution in [3.8, 4) is 16.9 Å². The Hall–Kier alpha value is -4.44. The van der Waals surface area contributed by atoms with E-state index in [9.17, 15) is 14.4 Å². The molecule has 9 nitrogen and oxygen atoms in total. The molecular formula is C27H21N3O6S. The van der Waals surface area contributed by atoms with E-state index in [4.69, 9.17) is 14.6 Å². The fourth-order valence-corrected chi connectivity index (χ4v) is 5.15. The van der Waals surface area contributed by atoms with Crippen LogP contribution in [0.4, 0.5) is 4.79 Å². The van der Waals surface area contributed by atoms with Crippen molar-refractivity contribution in [3.05, 3.63) is 89.5 Å². The molecule has 1 aliphatic carbocycles. The summed E-state index contributed by atoms with van der Waals surface area (Å²) in [4.78, 5) is 34.9. The number of thioether (sulfide) groups is 1. The Morgan fingerprint density at radius 3 is 2.27 bits per heavy atom. The SMILES string of the molecule is O=C(O)CC1SC(=NN=Cc2ccc(OC(=O)OCC3c4ccccc4-c4ccccc43)cc2)NC1=O. The smallest absolute Gasteiger partial charge is 0.481 e. The molecule has 0 aromatic heterocycles. The predicted molar refractivity (Wildman–Crippen MR) is 139 cm³/mol. The van der Waals surface area contributed by atoms with Crippen molar-refractivity contribution in [2.75, 3.05) is 6.61 Å². The van der Waals surface area contributed by atoms with E-state index >= 15 is 0 Å². The van der Waals surface area contributed by atoms with Crippen LogP contribution in [0.5, 0.6) is 5.75 Å². The van der Waals surface area contributed by atoms with E-state index in [1.807, 2.05) is 36.4 Å². The van der Waals surface area contributed by atoms with Crippen molar-refractivity contribution in [1.29, 1.82) is 0 Å². The van der Waals surface area contributed by atoms with Crippen LogP contribution in [0.25, 0.3) is 11.1 Å². The number of fused-ring (bicyclic) bond motifs is 3. The van der Waals surface area contributed by atoms with Crippen LogP contribution in [0.15, 0.2) is 83.0 Å². The lowest BCUT2D eigenvalue weighted by Crippen LogP contribution is -2.26.